The molecule has 1 saturated heterocycles. The zero-order chi connectivity index (χ0) is 25.3. The number of nitrogens with zero attached hydrogens (tertiary/aromatic N) is 6. The van der Waals surface area contributed by atoms with Crippen molar-refractivity contribution in [3.63, 3.8) is 0 Å². The van der Waals surface area contributed by atoms with Gasteiger partial charge in [-0.2, -0.15) is 24.1 Å². The normalized spacial score (nSPS) is 14.8. The Balaban J connectivity index is 1.90. The molecule has 0 spiro atoms. The Labute approximate surface area is 198 Å². The number of hydrogen-bond acceptors (Lipinski definition) is 8. The van der Waals surface area contributed by atoms with Crippen molar-refractivity contribution in [3.05, 3.63) is 47.3 Å². The van der Waals surface area contributed by atoms with Gasteiger partial charge >= 0.3 is 0 Å². The van der Waals surface area contributed by atoms with Gasteiger partial charge in [0.25, 0.3) is 11.8 Å². The van der Waals surface area contributed by atoms with Crippen molar-refractivity contribution in [2.24, 2.45) is 0 Å². The van der Waals surface area contributed by atoms with E-state index in [2.05, 4.69) is 39.6 Å². The average molecular weight is 479 g/mol. The molecule has 3 aromatic heterocycles. The lowest BCUT2D eigenvalue weighted by Gasteiger charge is -2.15. The van der Waals surface area contributed by atoms with Crippen molar-refractivity contribution in [1.29, 1.82) is 5.26 Å². The molecule has 4 rings (SSSR count). The van der Waals surface area contributed by atoms with Crippen LogP contribution in [0.15, 0.2) is 18.9 Å². The largest absolute Gasteiger partial charge is 0.479 e. The number of carbonyl (C=O) groups is 1. The summed E-state index contributed by atoms with van der Waals surface area (Å²) >= 11 is 0. The molecule has 1 amide bonds. The zero-order valence-electron chi connectivity index (χ0n) is 18.8. The van der Waals surface area contributed by atoms with Crippen LogP contribution >= 0.6 is 0 Å². The van der Waals surface area contributed by atoms with Crippen LogP contribution in [-0.2, 0) is 4.79 Å². The van der Waals surface area contributed by atoms with E-state index in [1.54, 1.807) is 9.58 Å². The maximum Gasteiger partial charge on any atom is 0.254 e. The third-order valence-electron chi connectivity index (χ3n) is 5.58. The first-order chi connectivity index (χ1) is 16.8. The monoisotopic (exact) mass is 479 g/mol. The molecule has 1 fully saturated rings. The Morgan fingerprint density at radius 1 is 1.29 bits per heavy atom. The van der Waals surface area contributed by atoms with Crippen molar-refractivity contribution >= 4 is 22.6 Å². The van der Waals surface area contributed by atoms with E-state index in [0.29, 0.717) is 25.0 Å². The van der Waals surface area contributed by atoms with E-state index >= 15 is 0 Å². The number of ether oxygens (including phenoxy) is 2. The molecule has 4 heterocycles. The van der Waals surface area contributed by atoms with Crippen molar-refractivity contribution in [1.82, 2.24) is 24.6 Å². The minimum atomic E-state index is -1.11. The number of carbonyl (C=O) groups excluding carboxylic acids is 1. The number of rotatable bonds is 4. The van der Waals surface area contributed by atoms with Gasteiger partial charge in [0.2, 0.25) is 17.5 Å². The van der Waals surface area contributed by atoms with Crippen LogP contribution in [0.2, 0.25) is 0 Å². The highest BCUT2D eigenvalue weighted by molar-refractivity contribution is 5.96. The molecule has 2 N–H and O–H groups in total. The number of nitrogen functional groups attached to an aromatic ring is 1. The number of likely N-dealkylation sites (tertiary alicyclic amines) is 1. The Morgan fingerprint density at radius 2 is 1.97 bits per heavy atom. The summed E-state index contributed by atoms with van der Waals surface area (Å²) in [6.07, 6.45) is 3.09. The lowest BCUT2D eigenvalue weighted by atomic mass is 10.1. The van der Waals surface area contributed by atoms with Crippen LogP contribution in [0.1, 0.15) is 29.3 Å². The summed E-state index contributed by atoms with van der Waals surface area (Å²) in [5.74, 6) is 1.68. The van der Waals surface area contributed by atoms with Gasteiger partial charge < -0.3 is 20.1 Å². The summed E-state index contributed by atoms with van der Waals surface area (Å²) in [6, 6.07) is 1.77. The second-order valence-corrected chi connectivity index (χ2v) is 7.50. The van der Waals surface area contributed by atoms with E-state index in [0.717, 1.165) is 0 Å². The van der Waals surface area contributed by atoms with Gasteiger partial charge in [0.1, 0.15) is 23.1 Å². The third-order valence-corrected chi connectivity index (χ3v) is 5.58. The summed E-state index contributed by atoms with van der Waals surface area (Å²) in [4.78, 5) is 21.3. The van der Waals surface area contributed by atoms with Gasteiger partial charge in [0.15, 0.2) is 0 Å². The number of fused-ring (bicyclic) bond motifs is 1. The quantitative estimate of drug-likeness (QED) is 0.444. The number of nitriles is 1. The Morgan fingerprint density at radius 3 is 2.57 bits per heavy atom. The van der Waals surface area contributed by atoms with Gasteiger partial charge in [-0.25, -0.2) is 4.98 Å². The van der Waals surface area contributed by atoms with Gasteiger partial charge in [-0.15, -0.1) is 0 Å². The fourth-order valence-corrected chi connectivity index (χ4v) is 3.90. The number of aromatic nitrogens is 4. The molecule has 35 heavy (non-hydrogen) atoms. The summed E-state index contributed by atoms with van der Waals surface area (Å²) in [5.41, 5.74) is 6.07. The fourth-order valence-electron chi connectivity index (χ4n) is 3.90. The molecule has 3 aromatic rings. The van der Waals surface area contributed by atoms with Crippen molar-refractivity contribution < 1.29 is 23.0 Å². The van der Waals surface area contributed by atoms with Crippen LogP contribution < -0.4 is 15.2 Å². The predicted octanol–water partition coefficient (Wildman–Crippen LogP) is 1.93. The van der Waals surface area contributed by atoms with Crippen LogP contribution in [0.4, 0.5) is 14.6 Å². The summed E-state index contributed by atoms with van der Waals surface area (Å²) < 4.78 is 40.7. The molecular weight excluding hydrogens is 460 g/mol. The Kier molecular flexibility index (Phi) is 6.21. The molecule has 12 heteroatoms. The second-order valence-electron chi connectivity index (χ2n) is 7.50. The molecule has 1 aliphatic rings. The number of anilines is 1. The first-order valence-corrected chi connectivity index (χ1v) is 10.3. The van der Waals surface area contributed by atoms with Crippen molar-refractivity contribution in [2.45, 2.75) is 12.5 Å². The zero-order valence-corrected chi connectivity index (χ0v) is 18.8. The molecular formula is C23H19F2N7O3. The summed E-state index contributed by atoms with van der Waals surface area (Å²) in [7, 11) is 2.35. The van der Waals surface area contributed by atoms with E-state index in [1.165, 1.54) is 26.5 Å². The smallest absolute Gasteiger partial charge is 0.254 e. The third kappa shape index (κ3) is 3.95. The molecule has 1 aliphatic heterocycles. The van der Waals surface area contributed by atoms with Gasteiger partial charge in [0.05, 0.1) is 36.7 Å². The maximum atomic E-state index is 14.7. The average Bonchev–Trinajstić information content (AvgIpc) is 3.50. The molecule has 0 aliphatic carbocycles. The molecule has 0 radical (unpaired) electrons. The summed E-state index contributed by atoms with van der Waals surface area (Å²) in [5, 5.41) is 14.4. The highest BCUT2D eigenvalue weighted by atomic mass is 19.1. The van der Waals surface area contributed by atoms with Crippen LogP contribution in [-0.4, -0.2) is 57.9 Å². The number of hydrogen-bond donors (Lipinski definition) is 1. The highest BCUT2D eigenvalue weighted by Gasteiger charge is 2.30. The number of nitrogens with two attached hydrogens (primary N) is 1. The van der Waals surface area contributed by atoms with Gasteiger partial charge in [-0.05, 0) is 18.4 Å². The van der Waals surface area contributed by atoms with E-state index in [1.807, 2.05) is 0 Å². The molecule has 1 unspecified atom stereocenters. The Bertz CT molecular complexity index is 1440. The predicted molar refractivity (Wildman–Crippen MR) is 120 cm³/mol. The van der Waals surface area contributed by atoms with Crippen molar-refractivity contribution in [2.75, 3.05) is 33.0 Å². The van der Waals surface area contributed by atoms with Crippen molar-refractivity contribution in [3.8, 4) is 29.7 Å². The van der Waals surface area contributed by atoms with Gasteiger partial charge in [0, 0.05) is 19.3 Å². The molecule has 178 valence electrons. The molecule has 1 atom stereocenters. The number of halogens is 2. The number of methoxy groups -OCH3 is 2. The first kappa shape index (κ1) is 23.4. The topological polar surface area (TPSA) is 132 Å². The number of amides is 1. The van der Waals surface area contributed by atoms with E-state index < -0.39 is 29.0 Å². The van der Waals surface area contributed by atoms with Crippen LogP contribution in [0.5, 0.6) is 11.8 Å². The minimum absolute atomic E-state index is 0.0393. The van der Waals surface area contributed by atoms with E-state index in [-0.39, 0.29) is 34.4 Å². The summed E-state index contributed by atoms with van der Waals surface area (Å²) in [6.45, 7) is 4.29. The lowest BCUT2D eigenvalue weighted by molar-refractivity contribution is -0.125. The Hall–Kier alpha value is -4.71. The number of pyridine rings is 2. The standard InChI is InChI=1S/C23H19F2N7O3/c1-4-16(33)31-8-7-13(11-31)32-20-12(9-26)10-28-21(27)17(20)15(30-32)6-5-14-18(24)22(34-2)29-23(35-3)19(14)25/h4,10,13H,1,7-8,11H2,2-3H3,(H2,27,28). The van der Waals surface area contributed by atoms with Gasteiger partial charge in [-0.1, -0.05) is 12.5 Å². The minimum Gasteiger partial charge on any atom is -0.479 e. The molecule has 0 saturated carbocycles. The van der Waals surface area contributed by atoms with E-state index in [4.69, 9.17) is 15.2 Å². The SMILES string of the molecule is C=CC(=O)N1CCC(n2nc(C#Cc3c(F)c(OC)nc(OC)c3F)c3c(N)ncc(C#N)c32)C1. The second kappa shape index (κ2) is 9.27. The van der Waals surface area contributed by atoms with E-state index in [9.17, 15) is 18.8 Å². The molecule has 10 nitrogen and oxygen atoms in total. The molecule has 0 bridgehead atoms. The molecule has 0 aromatic carbocycles. The lowest BCUT2D eigenvalue weighted by Crippen LogP contribution is -2.27. The van der Waals surface area contributed by atoms with Crippen LogP contribution in [0, 0.1) is 34.8 Å². The van der Waals surface area contributed by atoms with Crippen LogP contribution in [0.25, 0.3) is 10.9 Å². The first-order valence-electron chi connectivity index (χ1n) is 10.3. The maximum absolute atomic E-state index is 14.7. The van der Waals surface area contributed by atoms with Crippen LogP contribution in [0.3, 0.4) is 0 Å². The fraction of sp³-hybridized carbons (Fsp3) is 0.261. The van der Waals surface area contributed by atoms with Gasteiger partial charge in [-0.3, -0.25) is 9.48 Å². The highest BCUT2D eigenvalue weighted by Crippen LogP contribution is 2.32.